The molecule has 3 heteroatoms. The molecular weight excluding hydrogens is 202 g/mol. The van der Waals surface area contributed by atoms with Crippen LogP contribution in [0.3, 0.4) is 0 Å². The smallest absolute Gasteiger partial charge is 0.164 e. The summed E-state index contributed by atoms with van der Waals surface area (Å²) in [5.41, 5.74) is 6.92. The highest BCUT2D eigenvalue weighted by molar-refractivity contribution is 5.48. The van der Waals surface area contributed by atoms with Gasteiger partial charge in [-0.15, -0.1) is 0 Å². The number of nitrogens with two attached hydrogens (primary N) is 1. The van der Waals surface area contributed by atoms with Crippen LogP contribution in [0.5, 0.6) is 11.5 Å². The highest BCUT2D eigenvalue weighted by Gasteiger charge is 2.21. The van der Waals surface area contributed by atoms with Gasteiger partial charge in [-0.25, -0.2) is 0 Å². The Labute approximate surface area is 96.5 Å². The van der Waals surface area contributed by atoms with E-state index in [9.17, 15) is 0 Å². The summed E-state index contributed by atoms with van der Waals surface area (Å²) in [6, 6.07) is 6.10. The van der Waals surface area contributed by atoms with Crippen LogP contribution in [0, 0.1) is 0 Å². The summed E-state index contributed by atoms with van der Waals surface area (Å²) in [4.78, 5) is 0. The van der Waals surface area contributed by atoms with Crippen molar-refractivity contribution in [2.75, 3.05) is 20.3 Å². The van der Waals surface area contributed by atoms with E-state index in [0.717, 1.165) is 43.9 Å². The summed E-state index contributed by atoms with van der Waals surface area (Å²) in [6.07, 6.45) is 3.25. The van der Waals surface area contributed by atoms with Crippen molar-refractivity contribution >= 4 is 0 Å². The number of hydrogen-bond donors (Lipinski definition) is 1. The maximum absolute atomic E-state index is 5.78. The van der Waals surface area contributed by atoms with E-state index in [2.05, 4.69) is 6.07 Å². The third-order valence-electron chi connectivity index (χ3n) is 3.13. The number of ether oxygens (including phenoxy) is 2. The van der Waals surface area contributed by atoms with Crippen molar-refractivity contribution in [3.8, 4) is 11.5 Å². The third-order valence-corrected chi connectivity index (χ3v) is 3.13. The molecule has 0 saturated heterocycles. The van der Waals surface area contributed by atoms with Gasteiger partial charge in [-0.05, 0) is 37.8 Å². The standard InChI is InChI=1S/C13H19NO2/c1-15-12-6-2-5-11-10(7-8-14)4-3-9-16-13(11)12/h2,5-6,10H,3-4,7-9,14H2,1H3. The number of benzene rings is 1. The van der Waals surface area contributed by atoms with Gasteiger partial charge in [0.25, 0.3) is 0 Å². The highest BCUT2D eigenvalue weighted by atomic mass is 16.5. The van der Waals surface area contributed by atoms with Gasteiger partial charge in [0, 0.05) is 5.56 Å². The molecule has 0 aromatic heterocycles. The van der Waals surface area contributed by atoms with Gasteiger partial charge in [-0.2, -0.15) is 0 Å². The van der Waals surface area contributed by atoms with E-state index in [0.29, 0.717) is 5.92 Å². The Balaban J connectivity index is 2.37. The first-order valence-corrected chi connectivity index (χ1v) is 5.86. The van der Waals surface area contributed by atoms with E-state index in [-0.39, 0.29) is 0 Å². The highest BCUT2D eigenvalue weighted by Crippen LogP contribution is 2.40. The van der Waals surface area contributed by atoms with Crippen LogP contribution in [0.25, 0.3) is 0 Å². The van der Waals surface area contributed by atoms with Crippen molar-refractivity contribution in [3.63, 3.8) is 0 Å². The van der Waals surface area contributed by atoms with Crippen molar-refractivity contribution in [1.29, 1.82) is 0 Å². The van der Waals surface area contributed by atoms with Crippen molar-refractivity contribution in [2.45, 2.75) is 25.2 Å². The fourth-order valence-electron chi connectivity index (χ4n) is 2.33. The number of para-hydroxylation sites is 1. The molecule has 1 heterocycles. The topological polar surface area (TPSA) is 44.5 Å². The minimum absolute atomic E-state index is 0.512. The number of fused-ring (bicyclic) bond motifs is 1. The van der Waals surface area contributed by atoms with Gasteiger partial charge in [0.1, 0.15) is 0 Å². The maximum Gasteiger partial charge on any atom is 0.164 e. The Kier molecular flexibility index (Phi) is 3.67. The van der Waals surface area contributed by atoms with Gasteiger partial charge in [0.05, 0.1) is 13.7 Å². The van der Waals surface area contributed by atoms with Gasteiger partial charge in [-0.1, -0.05) is 12.1 Å². The second kappa shape index (κ2) is 5.21. The quantitative estimate of drug-likeness (QED) is 0.851. The molecular formula is C13H19NO2. The minimum Gasteiger partial charge on any atom is -0.493 e. The fraction of sp³-hybridized carbons (Fsp3) is 0.538. The molecule has 0 saturated carbocycles. The number of hydrogen-bond acceptors (Lipinski definition) is 3. The van der Waals surface area contributed by atoms with E-state index in [1.165, 1.54) is 5.56 Å². The van der Waals surface area contributed by atoms with Crippen molar-refractivity contribution in [2.24, 2.45) is 5.73 Å². The van der Waals surface area contributed by atoms with Crippen molar-refractivity contribution in [1.82, 2.24) is 0 Å². The Hall–Kier alpha value is -1.22. The van der Waals surface area contributed by atoms with Crippen LogP contribution in [0.4, 0.5) is 0 Å². The lowest BCUT2D eigenvalue weighted by molar-refractivity contribution is 0.294. The van der Waals surface area contributed by atoms with Gasteiger partial charge in [0.2, 0.25) is 0 Å². The van der Waals surface area contributed by atoms with E-state index in [1.54, 1.807) is 7.11 Å². The summed E-state index contributed by atoms with van der Waals surface area (Å²) in [7, 11) is 1.68. The average molecular weight is 221 g/mol. The summed E-state index contributed by atoms with van der Waals surface area (Å²) in [5, 5.41) is 0. The molecule has 0 aliphatic carbocycles. The van der Waals surface area contributed by atoms with Gasteiger partial charge < -0.3 is 15.2 Å². The predicted octanol–water partition coefficient (Wildman–Crippen LogP) is 2.30. The zero-order valence-electron chi connectivity index (χ0n) is 9.74. The van der Waals surface area contributed by atoms with Gasteiger partial charge in [0.15, 0.2) is 11.5 Å². The lowest BCUT2D eigenvalue weighted by atomic mass is 9.91. The lowest BCUT2D eigenvalue weighted by Crippen LogP contribution is -2.07. The summed E-state index contributed by atoms with van der Waals surface area (Å²) in [5.74, 6) is 2.26. The SMILES string of the molecule is COc1cccc2c1OCCCC2CCN. The summed E-state index contributed by atoms with van der Waals surface area (Å²) in [6.45, 7) is 1.50. The Bertz CT molecular complexity index is 352. The molecule has 1 aliphatic heterocycles. The van der Waals surface area contributed by atoms with Gasteiger partial charge >= 0.3 is 0 Å². The van der Waals surface area contributed by atoms with E-state index in [1.807, 2.05) is 12.1 Å². The average Bonchev–Trinajstić information content (AvgIpc) is 2.52. The first-order chi connectivity index (χ1) is 7.86. The molecule has 1 aromatic carbocycles. The zero-order chi connectivity index (χ0) is 11.4. The van der Waals surface area contributed by atoms with Crippen LogP contribution in [-0.2, 0) is 0 Å². The largest absolute Gasteiger partial charge is 0.493 e. The Morgan fingerprint density at radius 1 is 1.50 bits per heavy atom. The summed E-state index contributed by atoms with van der Waals surface area (Å²) >= 11 is 0. The predicted molar refractivity (Wildman–Crippen MR) is 64.1 cm³/mol. The molecule has 1 aliphatic rings. The number of methoxy groups -OCH3 is 1. The molecule has 0 bridgehead atoms. The molecule has 88 valence electrons. The Morgan fingerprint density at radius 2 is 2.38 bits per heavy atom. The Morgan fingerprint density at radius 3 is 3.12 bits per heavy atom. The molecule has 3 nitrogen and oxygen atoms in total. The van der Waals surface area contributed by atoms with Crippen LogP contribution in [-0.4, -0.2) is 20.3 Å². The second-order valence-corrected chi connectivity index (χ2v) is 4.14. The molecule has 1 atom stereocenters. The molecule has 16 heavy (non-hydrogen) atoms. The minimum atomic E-state index is 0.512. The van der Waals surface area contributed by atoms with Crippen LogP contribution in [0.2, 0.25) is 0 Å². The van der Waals surface area contributed by atoms with Gasteiger partial charge in [-0.3, -0.25) is 0 Å². The zero-order valence-corrected chi connectivity index (χ0v) is 9.74. The van der Waals surface area contributed by atoms with Crippen molar-refractivity contribution in [3.05, 3.63) is 23.8 Å². The third kappa shape index (κ3) is 2.14. The van der Waals surface area contributed by atoms with E-state index >= 15 is 0 Å². The normalized spacial score (nSPS) is 19.5. The first-order valence-electron chi connectivity index (χ1n) is 5.86. The number of rotatable bonds is 3. The summed E-state index contributed by atoms with van der Waals surface area (Å²) < 4.78 is 11.1. The molecule has 2 N–H and O–H groups in total. The van der Waals surface area contributed by atoms with Crippen LogP contribution >= 0.6 is 0 Å². The second-order valence-electron chi connectivity index (χ2n) is 4.14. The monoisotopic (exact) mass is 221 g/mol. The van der Waals surface area contributed by atoms with E-state index in [4.69, 9.17) is 15.2 Å². The maximum atomic E-state index is 5.78. The first kappa shape index (κ1) is 11.3. The fourth-order valence-corrected chi connectivity index (χ4v) is 2.33. The molecule has 0 radical (unpaired) electrons. The molecule has 2 rings (SSSR count). The molecule has 0 amide bonds. The molecule has 1 aromatic rings. The lowest BCUT2D eigenvalue weighted by Gasteiger charge is -2.17. The van der Waals surface area contributed by atoms with Crippen LogP contribution < -0.4 is 15.2 Å². The van der Waals surface area contributed by atoms with Crippen molar-refractivity contribution < 1.29 is 9.47 Å². The molecule has 1 unspecified atom stereocenters. The van der Waals surface area contributed by atoms with E-state index < -0.39 is 0 Å². The van der Waals surface area contributed by atoms with Crippen LogP contribution in [0.15, 0.2) is 18.2 Å². The molecule has 0 fully saturated rings. The van der Waals surface area contributed by atoms with Crippen LogP contribution in [0.1, 0.15) is 30.7 Å². The molecule has 0 spiro atoms.